The number of carbonyl (C=O) groups excluding carboxylic acids is 2. The van der Waals surface area contributed by atoms with Gasteiger partial charge in [-0.2, -0.15) is 0 Å². The third-order valence-electron chi connectivity index (χ3n) is 6.12. The molecule has 12 heteroatoms. The summed E-state index contributed by atoms with van der Waals surface area (Å²) in [6, 6.07) is -2.35. The van der Waals surface area contributed by atoms with Crippen LogP contribution >= 0.6 is 0 Å². The fourth-order valence-electron chi connectivity index (χ4n) is 3.92. The van der Waals surface area contributed by atoms with Gasteiger partial charge in [-0.05, 0) is 25.7 Å². The van der Waals surface area contributed by atoms with E-state index < -0.39 is 36.0 Å². The molecule has 0 saturated carbocycles. The molecule has 0 aliphatic rings. The van der Waals surface area contributed by atoms with E-state index in [0.717, 1.165) is 64.2 Å². The Morgan fingerprint density at radius 1 is 0.421 bits per heavy atom. The van der Waals surface area contributed by atoms with Gasteiger partial charge in [0.2, 0.25) is 11.8 Å². The van der Waals surface area contributed by atoms with Gasteiger partial charge in [-0.1, -0.05) is 64.2 Å². The number of carboxylic acids is 4. The lowest BCUT2D eigenvalue weighted by Gasteiger charge is -2.13. The highest BCUT2D eigenvalue weighted by atomic mass is 16.4. The number of carbonyl (C=O) groups is 6. The Morgan fingerprint density at radius 2 is 0.684 bits per heavy atom. The van der Waals surface area contributed by atoms with Gasteiger partial charge in [-0.25, -0.2) is 9.59 Å². The molecular weight excluding hydrogens is 500 g/mol. The number of unbranched alkanes of at least 4 members (excludes halogenated alkanes) is 11. The van der Waals surface area contributed by atoms with E-state index in [-0.39, 0.29) is 50.3 Å². The van der Waals surface area contributed by atoms with Crippen LogP contribution in [0, 0.1) is 0 Å². The van der Waals surface area contributed by atoms with Crippen LogP contribution in [0.5, 0.6) is 0 Å². The number of hydrogen-bond donors (Lipinski definition) is 6. The zero-order valence-corrected chi connectivity index (χ0v) is 22.1. The normalized spacial score (nSPS) is 12.3. The SMILES string of the molecule is O=C(O)CCC(NC(=O)CCCCCCCCCCCCCCC(=O)NC(CCC(=O)O)C(=O)O)C(=O)O. The van der Waals surface area contributed by atoms with Crippen LogP contribution in [0.1, 0.15) is 116 Å². The second kappa shape index (κ2) is 21.9. The first-order chi connectivity index (χ1) is 18.0. The van der Waals surface area contributed by atoms with Crippen molar-refractivity contribution in [1.82, 2.24) is 10.6 Å². The van der Waals surface area contributed by atoms with Gasteiger partial charge >= 0.3 is 23.9 Å². The summed E-state index contributed by atoms with van der Waals surface area (Å²) < 4.78 is 0. The molecule has 0 aliphatic heterocycles. The molecule has 12 nitrogen and oxygen atoms in total. The fraction of sp³-hybridized carbons (Fsp3) is 0.769. The van der Waals surface area contributed by atoms with Gasteiger partial charge in [-0.3, -0.25) is 19.2 Å². The van der Waals surface area contributed by atoms with E-state index in [4.69, 9.17) is 20.4 Å². The lowest BCUT2D eigenvalue weighted by atomic mass is 10.0. The van der Waals surface area contributed by atoms with Crippen molar-refractivity contribution >= 4 is 35.7 Å². The molecule has 0 aromatic heterocycles. The number of amides is 2. The maximum Gasteiger partial charge on any atom is 0.326 e. The number of carboxylic acid groups (broad SMARTS) is 4. The first-order valence-electron chi connectivity index (χ1n) is 13.5. The lowest BCUT2D eigenvalue weighted by Crippen LogP contribution is -2.41. The van der Waals surface area contributed by atoms with Crippen molar-refractivity contribution in [3.05, 3.63) is 0 Å². The Hall–Kier alpha value is -3.18. The average Bonchev–Trinajstić information content (AvgIpc) is 2.83. The van der Waals surface area contributed by atoms with E-state index in [1.165, 1.54) is 0 Å². The van der Waals surface area contributed by atoms with Gasteiger partial charge in [0, 0.05) is 25.7 Å². The predicted octanol–water partition coefficient (Wildman–Crippen LogP) is 3.32. The van der Waals surface area contributed by atoms with Crippen LogP contribution in [0.4, 0.5) is 0 Å². The summed E-state index contributed by atoms with van der Waals surface area (Å²) in [6.07, 6.45) is 11.2. The second-order valence-corrected chi connectivity index (χ2v) is 9.52. The maximum absolute atomic E-state index is 11.9. The Bertz CT molecular complexity index is 694. The van der Waals surface area contributed by atoms with Crippen LogP contribution in [0.15, 0.2) is 0 Å². The number of aliphatic carboxylic acids is 4. The minimum atomic E-state index is -1.23. The summed E-state index contributed by atoms with van der Waals surface area (Å²) in [5, 5.41) is 40.2. The van der Waals surface area contributed by atoms with E-state index >= 15 is 0 Å². The first-order valence-corrected chi connectivity index (χ1v) is 13.5. The van der Waals surface area contributed by atoms with Gasteiger partial charge in [0.15, 0.2) is 0 Å². The zero-order chi connectivity index (χ0) is 28.8. The summed E-state index contributed by atoms with van der Waals surface area (Å²) in [6.45, 7) is 0. The standard InChI is InChI=1S/C26H44N2O10/c29-21(27-19(25(35)36)15-17-23(31)32)13-11-9-7-5-3-1-2-4-6-8-10-12-14-22(30)28-20(26(37)38)16-18-24(33)34/h19-20H,1-18H2,(H,27,29)(H,28,30)(H,31,32)(H,33,34)(H,35,36)(H,37,38). The van der Waals surface area contributed by atoms with Crippen LogP contribution in [0.25, 0.3) is 0 Å². The smallest absolute Gasteiger partial charge is 0.326 e. The van der Waals surface area contributed by atoms with Crippen molar-refractivity contribution in [2.75, 3.05) is 0 Å². The second-order valence-electron chi connectivity index (χ2n) is 9.52. The molecule has 0 spiro atoms. The third kappa shape index (κ3) is 21.0. The third-order valence-corrected chi connectivity index (χ3v) is 6.12. The lowest BCUT2D eigenvalue weighted by molar-refractivity contribution is -0.144. The molecule has 2 amide bonds. The summed E-state index contributed by atoms with van der Waals surface area (Å²) in [4.78, 5) is 67.1. The molecule has 0 aliphatic carbocycles. The minimum absolute atomic E-state index is 0.139. The molecule has 0 saturated heterocycles. The molecule has 0 heterocycles. The van der Waals surface area contributed by atoms with E-state index in [1.54, 1.807) is 0 Å². The topological polar surface area (TPSA) is 207 Å². The van der Waals surface area contributed by atoms with Crippen molar-refractivity contribution in [2.45, 2.75) is 128 Å². The van der Waals surface area contributed by atoms with Crippen molar-refractivity contribution < 1.29 is 49.2 Å². The molecule has 38 heavy (non-hydrogen) atoms. The van der Waals surface area contributed by atoms with Gasteiger partial charge in [-0.15, -0.1) is 0 Å². The molecule has 0 bridgehead atoms. The minimum Gasteiger partial charge on any atom is -0.481 e. The molecule has 0 fully saturated rings. The molecular formula is C26H44N2O10. The number of hydrogen-bond acceptors (Lipinski definition) is 6. The summed E-state index contributed by atoms with van der Waals surface area (Å²) in [5.41, 5.74) is 0. The first kappa shape index (κ1) is 34.8. The highest BCUT2D eigenvalue weighted by molar-refractivity contribution is 5.84. The molecule has 6 N–H and O–H groups in total. The number of nitrogens with one attached hydrogen (secondary N) is 2. The molecule has 0 aromatic carbocycles. The van der Waals surface area contributed by atoms with Crippen molar-refractivity contribution in [1.29, 1.82) is 0 Å². The highest BCUT2D eigenvalue weighted by Crippen LogP contribution is 2.13. The van der Waals surface area contributed by atoms with Crippen LogP contribution in [-0.2, 0) is 28.8 Å². The van der Waals surface area contributed by atoms with E-state index in [2.05, 4.69) is 10.6 Å². The Kier molecular flexibility index (Phi) is 20.0. The van der Waals surface area contributed by atoms with Gasteiger partial charge in [0.1, 0.15) is 12.1 Å². The van der Waals surface area contributed by atoms with Crippen LogP contribution in [0.2, 0.25) is 0 Å². The number of rotatable bonds is 25. The maximum atomic E-state index is 11.9. The Labute approximate surface area is 223 Å². The van der Waals surface area contributed by atoms with Crippen molar-refractivity contribution in [3.63, 3.8) is 0 Å². The molecule has 0 rings (SSSR count). The Morgan fingerprint density at radius 3 is 0.921 bits per heavy atom. The monoisotopic (exact) mass is 544 g/mol. The van der Waals surface area contributed by atoms with Gasteiger partial charge < -0.3 is 31.1 Å². The van der Waals surface area contributed by atoms with Gasteiger partial charge in [0.25, 0.3) is 0 Å². The average molecular weight is 545 g/mol. The predicted molar refractivity (Wildman–Crippen MR) is 138 cm³/mol. The zero-order valence-electron chi connectivity index (χ0n) is 22.1. The van der Waals surface area contributed by atoms with E-state index in [0.29, 0.717) is 12.8 Å². The highest BCUT2D eigenvalue weighted by Gasteiger charge is 2.21. The molecule has 2 atom stereocenters. The molecule has 2 unspecified atom stereocenters. The van der Waals surface area contributed by atoms with Crippen LogP contribution in [0.3, 0.4) is 0 Å². The Balaban J connectivity index is 3.63. The van der Waals surface area contributed by atoms with Crippen molar-refractivity contribution in [3.8, 4) is 0 Å². The summed E-state index contributed by atoms with van der Waals surface area (Å²) in [5.74, 6) is -5.41. The quantitative estimate of drug-likeness (QED) is 0.0924. The molecule has 0 aromatic rings. The van der Waals surface area contributed by atoms with E-state index in [1.807, 2.05) is 0 Å². The largest absolute Gasteiger partial charge is 0.481 e. The van der Waals surface area contributed by atoms with Crippen LogP contribution < -0.4 is 10.6 Å². The van der Waals surface area contributed by atoms with Crippen molar-refractivity contribution in [2.24, 2.45) is 0 Å². The summed E-state index contributed by atoms with van der Waals surface area (Å²) in [7, 11) is 0. The summed E-state index contributed by atoms with van der Waals surface area (Å²) >= 11 is 0. The molecule has 218 valence electrons. The van der Waals surface area contributed by atoms with E-state index in [9.17, 15) is 28.8 Å². The van der Waals surface area contributed by atoms with Gasteiger partial charge in [0.05, 0.1) is 0 Å². The molecule has 0 radical (unpaired) electrons. The fourth-order valence-corrected chi connectivity index (χ4v) is 3.92. The van der Waals surface area contributed by atoms with Crippen LogP contribution in [-0.4, -0.2) is 68.2 Å².